The maximum Gasteiger partial charge on any atom is 0.253 e. The van der Waals surface area contributed by atoms with Crippen molar-refractivity contribution >= 4 is 29.5 Å². The lowest BCUT2D eigenvalue weighted by Gasteiger charge is -2.25. The first-order chi connectivity index (χ1) is 22.1. The first-order valence-corrected chi connectivity index (χ1v) is 15.3. The summed E-state index contributed by atoms with van der Waals surface area (Å²) >= 11 is 0. The van der Waals surface area contributed by atoms with Crippen LogP contribution in [0.3, 0.4) is 0 Å². The van der Waals surface area contributed by atoms with Crippen LogP contribution in [0, 0.1) is 6.92 Å². The van der Waals surface area contributed by atoms with E-state index in [-0.39, 0.29) is 31.9 Å². The molecule has 1 aromatic heterocycles. The van der Waals surface area contributed by atoms with Gasteiger partial charge in [0.15, 0.2) is 0 Å². The van der Waals surface area contributed by atoms with E-state index in [1.807, 2.05) is 30.3 Å². The molecule has 0 saturated heterocycles. The summed E-state index contributed by atoms with van der Waals surface area (Å²) in [5.41, 5.74) is 1.32. The molecule has 1 spiro atoms. The number of amides is 5. The van der Waals surface area contributed by atoms with Crippen LogP contribution in [0.1, 0.15) is 46.9 Å². The van der Waals surface area contributed by atoms with E-state index in [4.69, 9.17) is 4.74 Å². The van der Waals surface area contributed by atoms with Gasteiger partial charge in [-0.2, -0.15) is 0 Å². The zero-order valence-electron chi connectivity index (χ0n) is 25.8. The number of carbonyl (C=O) groups excluding carboxylic acids is 5. The van der Waals surface area contributed by atoms with E-state index in [1.165, 1.54) is 6.92 Å². The van der Waals surface area contributed by atoms with Crippen LogP contribution in [-0.2, 0) is 32.0 Å². The number of aryl methyl sites for hydroxylation is 1. The molecule has 5 N–H and O–H groups in total. The number of hydrogen-bond donors (Lipinski definition) is 5. The third-order valence-electron chi connectivity index (χ3n) is 8.11. The van der Waals surface area contributed by atoms with Gasteiger partial charge < -0.3 is 31.3 Å². The van der Waals surface area contributed by atoms with Crippen LogP contribution in [-0.4, -0.2) is 71.3 Å². The molecular weight excluding hydrogens is 588 g/mol. The van der Waals surface area contributed by atoms with Crippen LogP contribution in [0.2, 0.25) is 0 Å². The SMILES string of the molecule is Cc1ncccc1C(=O)N[C@H]1Cc2ccc(cc2)OCCNC(=O)C2(CC2)NC(=O)[C@@H](Cc2ccccc2)NC(=O)[C@H](C)NC1=O. The van der Waals surface area contributed by atoms with Crippen LogP contribution in [0.5, 0.6) is 5.75 Å². The third kappa shape index (κ3) is 8.06. The van der Waals surface area contributed by atoms with Crippen molar-refractivity contribution < 1.29 is 28.7 Å². The average Bonchev–Trinajstić information content (AvgIpc) is 3.83. The fourth-order valence-electron chi connectivity index (χ4n) is 5.22. The molecule has 1 saturated carbocycles. The summed E-state index contributed by atoms with van der Waals surface area (Å²) in [6.07, 6.45) is 2.81. The van der Waals surface area contributed by atoms with Gasteiger partial charge in [0.25, 0.3) is 5.91 Å². The van der Waals surface area contributed by atoms with Crippen LogP contribution < -0.4 is 31.3 Å². The Kier molecular flexibility index (Phi) is 9.94. The average molecular weight is 627 g/mol. The van der Waals surface area contributed by atoms with Gasteiger partial charge in [0.1, 0.15) is 36.0 Å². The molecule has 240 valence electrons. The number of pyridine rings is 1. The van der Waals surface area contributed by atoms with Gasteiger partial charge in [-0.1, -0.05) is 42.5 Å². The number of nitrogens with one attached hydrogen (secondary N) is 5. The zero-order chi connectivity index (χ0) is 32.7. The molecule has 3 aliphatic rings. The summed E-state index contributed by atoms with van der Waals surface area (Å²) in [4.78, 5) is 71.0. The van der Waals surface area contributed by atoms with E-state index >= 15 is 0 Å². The van der Waals surface area contributed by atoms with Crippen LogP contribution >= 0.6 is 0 Å². The Bertz CT molecular complexity index is 1590. The maximum absolute atomic E-state index is 13.6. The van der Waals surface area contributed by atoms with Crippen molar-refractivity contribution in [2.24, 2.45) is 0 Å². The highest BCUT2D eigenvalue weighted by molar-refractivity contribution is 6.00. The summed E-state index contributed by atoms with van der Waals surface area (Å²) in [6.45, 7) is 3.63. The minimum Gasteiger partial charge on any atom is -0.492 e. The summed E-state index contributed by atoms with van der Waals surface area (Å²) in [5.74, 6) is -1.91. The van der Waals surface area contributed by atoms with E-state index in [0.29, 0.717) is 29.8 Å². The maximum atomic E-state index is 13.6. The largest absolute Gasteiger partial charge is 0.492 e. The second kappa shape index (κ2) is 14.2. The molecule has 3 atom stereocenters. The Morgan fingerprint density at radius 2 is 1.67 bits per heavy atom. The molecular formula is C34H38N6O6. The standard InChI is InChI=1S/C34H38N6O6/c1-21-26(9-6-16-35-21)30(42)39-27-20-24-10-12-25(13-11-24)46-18-17-36-33(45)34(14-15-34)40-32(44)28(19-23-7-4-3-5-8-23)38-29(41)22(2)37-31(27)43/h3-13,16,22,27-28H,14-15,17-20H2,1-2H3,(H,36,45)(H,37,43)(H,38,41)(H,39,42)(H,40,44)/t22-,27-,28+/m0/s1. The molecule has 3 heterocycles. The second-order valence-corrected chi connectivity index (χ2v) is 11.7. The van der Waals surface area contributed by atoms with E-state index < -0.39 is 47.3 Å². The van der Waals surface area contributed by atoms with Crippen molar-refractivity contribution in [3.8, 4) is 5.75 Å². The summed E-state index contributed by atoms with van der Waals surface area (Å²) < 4.78 is 5.79. The zero-order valence-corrected chi connectivity index (χ0v) is 25.8. The van der Waals surface area contributed by atoms with Crippen LogP contribution in [0.25, 0.3) is 0 Å². The van der Waals surface area contributed by atoms with Crippen LogP contribution in [0.15, 0.2) is 72.9 Å². The molecule has 12 heteroatoms. The molecule has 2 aromatic carbocycles. The van der Waals surface area contributed by atoms with Crippen molar-refractivity contribution in [1.82, 2.24) is 31.6 Å². The normalized spacial score (nSPS) is 22.0. The van der Waals surface area contributed by atoms with E-state index in [2.05, 4.69) is 31.6 Å². The van der Waals surface area contributed by atoms with Gasteiger partial charge in [0, 0.05) is 24.7 Å². The van der Waals surface area contributed by atoms with Gasteiger partial charge >= 0.3 is 0 Å². The Hall–Kier alpha value is -5.26. The summed E-state index contributed by atoms with van der Waals surface area (Å²) in [7, 11) is 0. The fraction of sp³-hybridized carbons (Fsp3) is 0.353. The molecule has 12 nitrogen and oxygen atoms in total. The van der Waals surface area contributed by atoms with Gasteiger partial charge in [0.05, 0.1) is 12.1 Å². The van der Waals surface area contributed by atoms with Crippen molar-refractivity contribution in [3.63, 3.8) is 0 Å². The molecule has 6 rings (SSSR count). The second-order valence-electron chi connectivity index (χ2n) is 11.7. The number of hydrogen-bond acceptors (Lipinski definition) is 7. The first-order valence-electron chi connectivity index (χ1n) is 15.3. The lowest BCUT2D eigenvalue weighted by molar-refractivity contribution is -0.134. The number of fused-ring (bicyclic) bond motifs is 15. The summed E-state index contributed by atoms with van der Waals surface area (Å²) in [6, 6.07) is 16.4. The smallest absolute Gasteiger partial charge is 0.253 e. The first kappa shape index (κ1) is 32.1. The van der Waals surface area contributed by atoms with E-state index in [1.54, 1.807) is 49.5 Å². The van der Waals surface area contributed by atoms with Crippen LogP contribution in [0.4, 0.5) is 0 Å². The van der Waals surface area contributed by atoms with Gasteiger partial charge in [0.2, 0.25) is 23.6 Å². The quantitative estimate of drug-likeness (QED) is 0.271. The number of carbonyl (C=O) groups is 5. The molecule has 2 aliphatic heterocycles. The lowest BCUT2D eigenvalue weighted by Crippen LogP contribution is -2.59. The Morgan fingerprint density at radius 3 is 2.37 bits per heavy atom. The molecule has 0 radical (unpaired) electrons. The number of rotatable bonds is 4. The Labute approximate surface area is 267 Å². The van der Waals surface area contributed by atoms with Gasteiger partial charge in [-0.15, -0.1) is 0 Å². The highest BCUT2D eigenvalue weighted by atomic mass is 16.5. The molecule has 5 amide bonds. The minimum absolute atomic E-state index is 0.128. The highest BCUT2D eigenvalue weighted by Crippen LogP contribution is 2.35. The Morgan fingerprint density at radius 1 is 0.935 bits per heavy atom. The van der Waals surface area contributed by atoms with Gasteiger partial charge in [-0.25, -0.2) is 0 Å². The molecule has 1 fully saturated rings. The molecule has 2 bridgehead atoms. The van der Waals surface area contributed by atoms with E-state index in [0.717, 1.165) is 11.1 Å². The highest BCUT2D eigenvalue weighted by Gasteiger charge is 2.51. The Balaban J connectivity index is 1.39. The van der Waals surface area contributed by atoms with E-state index in [9.17, 15) is 24.0 Å². The van der Waals surface area contributed by atoms with Crippen molar-refractivity contribution in [3.05, 3.63) is 95.3 Å². The number of aromatic nitrogens is 1. The number of nitrogens with zero attached hydrogens (tertiary/aromatic N) is 1. The molecule has 1 aliphatic carbocycles. The lowest BCUT2D eigenvalue weighted by atomic mass is 10.0. The third-order valence-corrected chi connectivity index (χ3v) is 8.11. The van der Waals surface area contributed by atoms with Crippen molar-refractivity contribution in [2.45, 2.75) is 63.2 Å². The van der Waals surface area contributed by atoms with Crippen molar-refractivity contribution in [2.75, 3.05) is 13.2 Å². The molecule has 46 heavy (non-hydrogen) atoms. The molecule has 3 aromatic rings. The monoisotopic (exact) mass is 626 g/mol. The fourth-order valence-corrected chi connectivity index (χ4v) is 5.22. The minimum atomic E-state index is -1.06. The molecule has 0 unspecified atom stereocenters. The predicted octanol–water partition coefficient (Wildman–Crippen LogP) is 1.12. The predicted molar refractivity (Wildman–Crippen MR) is 169 cm³/mol. The number of benzene rings is 2. The topological polar surface area (TPSA) is 168 Å². The summed E-state index contributed by atoms with van der Waals surface area (Å²) in [5, 5.41) is 13.9. The van der Waals surface area contributed by atoms with Gasteiger partial charge in [-0.3, -0.25) is 29.0 Å². The van der Waals surface area contributed by atoms with Crippen molar-refractivity contribution in [1.29, 1.82) is 0 Å². The van der Waals surface area contributed by atoms with Gasteiger partial charge in [-0.05, 0) is 62.1 Å². The number of ether oxygens (including phenoxy) is 1.